The first kappa shape index (κ1) is 15.9. The summed E-state index contributed by atoms with van der Waals surface area (Å²) in [6.07, 6.45) is 0. The molecule has 10 heteroatoms. The van der Waals surface area contributed by atoms with Crippen LogP contribution in [0.3, 0.4) is 0 Å². The molecule has 0 saturated carbocycles. The maximum atomic E-state index is 11.9. The molecule has 0 aliphatic heterocycles. The summed E-state index contributed by atoms with van der Waals surface area (Å²) < 4.78 is 34.8. The molecule has 0 aromatic heterocycles. The van der Waals surface area contributed by atoms with E-state index >= 15 is 0 Å². The summed E-state index contributed by atoms with van der Waals surface area (Å²) in [7, 11) is -1.83. The van der Waals surface area contributed by atoms with Crippen LogP contribution in [0.15, 0.2) is 23.1 Å². The van der Waals surface area contributed by atoms with E-state index in [4.69, 9.17) is 4.74 Å². The molecular formula is C10H12N2O7S. The Hall–Kier alpha value is -2.20. The van der Waals surface area contributed by atoms with E-state index in [-0.39, 0.29) is 5.75 Å². The molecule has 0 spiro atoms. The summed E-state index contributed by atoms with van der Waals surface area (Å²) >= 11 is 0. The first-order chi connectivity index (χ1) is 9.31. The highest BCUT2D eigenvalue weighted by Gasteiger charge is 2.26. The van der Waals surface area contributed by atoms with Gasteiger partial charge in [-0.3, -0.25) is 14.9 Å². The van der Waals surface area contributed by atoms with Crippen molar-refractivity contribution >= 4 is 21.7 Å². The third-order valence-corrected chi connectivity index (χ3v) is 3.74. The molecule has 20 heavy (non-hydrogen) atoms. The molecule has 0 radical (unpaired) electrons. The van der Waals surface area contributed by atoms with Gasteiger partial charge in [-0.1, -0.05) is 0 Å². The van der Waals surface area contributed by atoms with Crippen molar-refractivity contribution in [2.24, 2.45) is 0 Å². The summed E-state index contributed by atoms with van der Waals surface area (Å²) in [5.74, 6) is -0.673. The van der Waals surface area contributed by atoms with Crippen LogP contribution in [0.5, 0.6) is 5.75 Å². The minimum Gasteiger partial charge on any atom is -0.497 e. The zero-order valence-corrected chi connectivity index (χ0v) is 11.5. The van der Waals surface area contributed by atoms with Crippen LogP contribution in [0, 0.1) is 10.1 Å². The van der Waals surface area contributed by atoms with Gasteiger partial charge in [0.25, 0.3) is 5.69 Å². The minimum absolute atomic E-state index is 0.142. The zero-order chi connectivity index (χ0) is 15.3. The average Bonchev–Trinajstić information content (AvgIpc) is 2.43. The molecule has 1 aromatic rings. The van der Waals surface area contributed by atoms with Gasteiger partial charge in [-0.2, -0.15) is 4.72 Å². The van der Waals surface area contributed by atoms with Gasteiger partial charge in [0.15, 0.2) is 4.90 Å². The van der Waals surface area contributed by atoms with Crippen LogP contribution in [0.2, 0.25) is 0 Å². The van der Waals surface area contributed by atoms with Crippen LogP contribution in [0.1, 0.15) is 0 Å². The number of nitrogens with zero attached hydrogens (tertiary/aromatic N) is 1. The van der Waals surface area contributed by atoms with E-state index in [1.165, 1.54) is 13.2 Å². The number of carbonyl (C=O) groups excluding carboxylic acids is 1. The molecule has 9 nitrogen and oxygen atoms in total. The Morgan fingerprint density at radius 3 is 2.55 bits per heavy atom. The first-order valence-electron chi connectivity index (χ1n) is 5.20. The lowest BCUT2D eigenvalue weighted by Crippen LogP contribution is -2.30. The van der Waals surface area contributed by atoms with E-state index in [2.05, 4.69) is 4.74 Å². The van der Waals surface area contributed by atoms with E-state index < -0.39 is 38.0 Å². The zero-order valence-electron chi connectivity index (χ0n) is 10.7. The number of sulfonamides is 1. The highest BCUT2D eigenvalue weighted by molar-refractivity contribution is 7.89. The van der Waals surface area contributed by atoms with E-state index in [1.54, 1.807) is 0 Å². The second kappa shape index (κ2) is 6.30. The normalized spacial score (nSPS) is 10.9. The molecule has 1 rings (SSSR count). The fraction of sp³-hybridized carbons (Fsp3) is 0.300. The Labute approximate surface area is 114 Å². The number of hydrogen-bond donors (Lipinski definition) is 1. The number of benzene rings is 1. The average molecular weight is 304 g/mol. The smallest absolute Gasteiger partial charge is 0.320 e. The van der Waals surface area contributed by atoms with E-state index in [1.807, 2.05) is 4.72 Å². The van der Waals surface area contributed by atoms with Crippen molar-refractivity contribution < 1.29 is 27.6 Å². The van der Waals surface area contributed by atoms with E-state index in [0.717, 1.165) is 19.2 Å². The number of nitro benzene ring substituents is 1. The fourth-order valence-electron chi connectivity index (χ4n) is 1.30. The van der Waals surface area contributed by atoms with Gasteiger partial charge in [-0.15, -0.1) is 0 Å². The van der Waals surface area contributed by atoms with Crippen LogP contribution >= 0.6 is 0 Å². The number of esters is 1. The van der Waals surface area contributed by atoms with Crippen molar-refractivity contribution in [3.8, 4) is 5.75 Å². The van der Waals surface area contributed by atoms with Gasteiger partial charge in [0.2, 0.25) is 10.0 Å². The summed E-state index contributed by atoms with van der Waals surface area (Å²) in [6, 6.07) is 3.27. The summed E-state index contributed by atoms with van der Waals surface area (Å²) in [4.78, 5) is 20.4. The second-order valence-corrected chi connectivity index (χ2v) is 5.23. The van der Waals surface area contributed by atoms with Crippen LogP contribution in [-0.2, 0) is 19.6 Å². The quantitative estimate of drug-likeness (QED) is 0.447. The third kappa shape index (κ3) is 3.65. The Balaban J connectivity index is 3.17. The second-order valence-electron chi connectivity index (χ2n) is 3.49. The maximum Gasteiger partial charge on any atom is 0.320 e. The topological polar surface area (TPSA) is 125 Å². The highest BCUT2D eigenvalue weighted by Crippen LogP contribution is 2.27. The predicted octanol–water partition coefficient (Wildman–Crippen LogP) is 0.0547. The van der Waals surface area contributed by atoms with Crippen LogP contribution in [0.25, 0.3) is 0 Å². The van der Waals surface area contributed by atoms with E-state index in [0.29, 0.717) is 0 Å². The van der Waals surface area contributed by atoms with Crippen molar-refractivity contribution in [2.75, 3.05) is 20.8 Å². The number of hydrogen-bond acceptors (Lipinski definition) is 7. The van der Waals surface area contributed by atoms with Crippen LogP contribution < -0.4 is 9.46 Å². The number of methoxy groups -OCH3 is 2. The molecular weight excluding hydrogens is 292 g/mol. The third-order valence-electron chi connectivity index (χ3n) is 2.29. The summed E-state index contributed by atoms with van der Waals surface area (Å²) in [6.45, 7) is -0.623. The SMILES string of the molecule is COC(=O)CNS(=O)(=O)c1ccc(OC)cc1[N+](=O)[O-]. The molecule has 0 fully saturated rings. The van der Waals surface area contributed by atoms with Crippen molar-refractivity contribution in [3.63, 3.8) is 0 Å². The largest absolute Gasteiger partial charge is 0.497 e. The number of nitro groups is 1. The predicted molar refractivity (Wildman–Crippen MR) is 66.9 cm³/mol. The van der Waals surface area contributed by atoms with Gasteiger partial charge in [0, 0.05) is 0 Å². The molecule has 0 aliphatic carbocycles. The molecule has 0 aliphatic rings. The first-order valence-corrected chi connectivity index (χ1v) is 6.69. The Morgan fingerprint density at radius 1 is 1.40 bits per heavy atom. The molecule has 0 heterocycles. The lowest BCUT2D eigenvalue weighted by molar-refractivity contribution is -0.387. The molecule has 0 amide bonds. The molecule has 0 atom stereocenters. The van der Waals surface area contributed by atoms with Gasteiger partial charge in [-0.05, 0) is 12.1 Å². The number of rotatable bonds is 6. The van der Waals surface area contributed by atoms with Crippen molar-refractivity contribution in [1.29, 1.82) is 0 Å². The fourth-order valence-corrected chi connectivity index (χ4v) is 2.42. The number of nitrogens with one attached hydrogen (secondary N) is 1. The molecule has 110 valence electrons. The van der Waals surface area contributed by atoms with Crippen molar-refractivity contribution in [3.05, 3.63) is 28.3 Å². The van der Waals surface area contributed by atoms with Gasteiger partial charge < -0.3 is 9.47 Å². The standard InChI is InChI=1S/C10H12N2O7S/c1-18-7-3-4-9(8(5-7)12(14)15)20(16,17)11-6-10(13)19-2/h3-5,11H,6H2,1-2H3. The van der Waals surface area contributed by atoms with Crippen molar-refractivity contribution in [2.45, 2.75) is 4.90 Å². The summed E-state index contributed by atoms with van der Waals surface area (Å²) in [5.41, 5.74) is -0.651. The van der Waals surface area contributed by atoms with Gasteiger partial charge >= 0.3 is 5.97 Å². The lowest BCUT2D eigenvalue weighted by Gasteiger charge is -2.07. The van der Waals surface area contributed by atoms with Crippen LogP contribution in [0.4, 0.5) is 5.69 Å². The maximum absolute atomic E-state index is 11.9. The van der Waals surface area contributed by atoms with E-state index in [9.17, 15) is 23.3 Å². The number of ether oxygens (including phenoxy) is 2. The van der Waals surface area contributed by atoms with Gasteiger partial charge in [0.1, 0.15) is 12.3 Å². The molecule has 0 unspecified atom stereocenters. The summed E-state index contributed by atoms with van der Waals surface area (Å²) in [5, 5.41) is 10.9. The molecule has 0 bridgehead atoms. The monoisotopic (exact) mass is 304 g/mol. The number of carbonyl (C=O) groups is 1. The van der Waals surface area contributed by atoms with Crippen LogP contribution in [-0.4, -0.2) is 40.1 Å². The Kier molecular flexibility index (Phi) is 5.00. The Bertz CT molecular complexity index is 626. The minimum atomic E-state index is -4.21. The molecule has 1 aromatic carbocycles. The van der Waals surface area contributed by atoms with Crippen molar-refractivity contribution in [1.82, 2.24) is 4.72 Å². The van der Waals surface area contributed by atoms with Gasteiger partial charge in [0.05, 0.1) is 25.2 Å². The Morgan fingerprint density at radius 2 is 2.05 bits per heavy atom. The molecule has 1 N–H and O–H groups in total. The lowest BCUT2D eigenvalue weighted by atomic mass is 10.3. The molecule has 0 saturated heterocycles. The highest BCUT2D eigenvalue weighted by atomic mass is 32.2. The van der Waals surface area contributed by atoms with Gasteiger partial charge in [-0.25, -0.2) is 8.42 Å².